The van der Waals surface area contributed by atoms with Crippen molar-refractivity contribution in [1.29, 1.82) is 0 Å². The number of hydrogen-bond donors (Lipinski definition) is 2. The average molecular weight is 226 g/mol. The number of aliphatic hydroxyl groups excluding tert-OH is 1. The standard InChI is InChI=1S/C13H26N2O/c1-11(16)12(14)8-15-9-13(10-15)6-4-2-3-5-7-13/h11-12,16H,2-10,14H2,1H3. The van der Waals surface area contributed by atoms with Crippen LogP contribution in [-0.2, 0) is 0 Å². The Morgan fingerprint density at radius 2 is 1.75 bits per heavy atom. The van der Waals surface area contributed by atoms with Crippen LogP contribution < -0.4 is 5.73 Å². The minimum Gasteiger partial charge on any atom is -0.392 e. The van der Waals surface area contributed by atoms with Gasteiger partial charge in [-0.3, -0.25) is 0 Å². The number of aliphatic hydroxyl groups is 1. The van der Waals surface area contributed by atoms with Crippen molar-refractivity contribution in [3.63, 3.8) is 0 Å². The van der Waals surface area contributed by atoms with Crippen molar-refractivity contribution in [2.75, 3.05) is 19.6 Å². The highest BCUT2D eigenvalue weighted by atomic mass is 16.3. The van der Waals surface area contributed by atoms with Crippen molar-refractivity contribution < 1.29 is 5.11 Å². The van der Waals surface area contributed by atoms with Gasteiger partial charge in [-0.1, -0.05) is 25.7 Å². The molecule has 0 aromatic heterocycles. The van der Waals surface area contributed by atoms with Crippen LogP contribution in [0, 0.1) is 5.41 Å². The zero-order valence-corrected chi connectivity index (χ0v) is 10.5. The molecule has 1 saturated carbocycles. The summed E-state index contributed by atoms with van der Waals surface area (Å²) in [5.74, 6) is 0. The van der Waals surface area contributed by atoms with Crippen molar-refractivity contribution in [1.82, 2.24) is 4.90 Å². The van der Waals surface area contributed by atoms with Crippen molar-refractivity contribution >= 4 is 0 Å². The van der Waals surface area contributed by atoms with Gasteiger partial charge >= 0.3 is 0 Å². The van der Waals surface area contributed by atoms with E-state index in [-0.39, 0.29) is 12.1 Å². The fraction of sp³-hybridized carbons (Fsp3) is 1.00. The summed E-state index contributed by atoms with van der Waals surface area (Å²) in [4.78, 5) is 2.42. The first-order valence-electron chi connectivity index (χ1n) is 6.77. The number of hydrogen-bond acceptors (Lipinski definition) is 3. The summed E-state index contributed by atoms with van der Waals surface area (Å²) in [5.41, 5.74) is 6.50. The van der Waals surface area contributed by atoms with E-state index in [1.54, 1.807) is 6.92 Å². The van der Waals surface area contributed by atoms with E-state index in [9.17, 15) is 5.11 Å². The van der Waals surface area contributed by atoms with E-state index in [4.69, 9.17) is 5.73 Å². The number of rotatable bonds is 3. The largest absolute Gasteiger partial charge is 0.392 e. The monoisotopic (exact) mass is 226 g/mol. The van der Waals surface area contributed by atoms with Crippen molar-refractivity contribution in [2.24, 2.45) is 11.1 Å². The summed E-state index contributed by atoms with van der Waals surface area (Å²) >= 11 is 0. The third-order valence-corrected chi connectivity index (χ3v) is 4.37. The van der Waals surface area contributed by atoms with Gasteiger partial charge in [0.25, 0.3) is 0 Å². The highest BCUT2D eigenvalue weighted by molar-refractivity contribution is 4.96. The fourth-order valence-electron chi connectivity index (χ4n) is 3.28. The van der Waals surface area contributed by atoms with Crippen LogP contribution in [0.3, 0.4) is 0 Å². The maximum Gasteiger partial charge on any atom is 0.0675 e. The molecule has 3 nitrogen and oxygen atoms in total. The Morgan fingerprint density at radius 3 is 2.25 bits per heavy atom. The molecule has 3 N–H and O–H groups in total. The van der Waals surface area contributed by atoms with Gasteiger partial charge in [-0.05, 0) is 25.2 Å². The lowest BCUT2D eigenvalue weighted by Crippen LogP contribution is -2.59. The molecular weight excluding hydrogens is 200 g/mol. The molecule has 2 fully saturated rings. The minimum atomic E-state index is -0.384. The molecule has 2 rings (SSSR count). The molecule has 2 atom stereocenters. The quantitative estimate of drug-likeness (QED) is 0.764. The molecule has 0 amide bonds. The maximum absolute atomic E-state index is 9.38. The van der Waals surface area contributed by atoms with Crippen molar-refractivity contribution in [3.05, 3.63) is 0 Å². The van der Waals surface area contributed by atoms with Gasteiger partial charge in [-0.25, -0.2) is 0 Å². The Bertz CT molecular complexity index is 214. The molecule has 1 aliphatic carbocycles. The van der Waals surface area contributed by atoms with E-state index >= 15 is 0 Å². The summed E-state index contributed by atoms with van der Waals surface area (Å²) < 4.78 is 0. The molecular formula is C13H26N2O. The Labute approximate surface area is 99.0 Å². The predicted molar refractivity (Wildman–Crippen MR) is 66.2 cm³/mol. The first-order valence-corrected chi connectivity index (χ1v) is 6.77. The highest BCUT2D eigenvalue weighted by Crippen LogP contribution is 2.42. The molecule has 0 bridgehead atoms. The van der Waals surface area contributed by atoms with Crippen LogP contribution in [0.4, 0.5) is 0 Å². The third kappa shape index (κ3) is 2.76. The summed E-state index contributed by atoms with van der Waals surface area (Å²) in [7, 11) is 0. The Balaban J connectivity index is 1.75. The first kappa shape index (κ1) is 12.3. The predicted octanol–water partition coefficient (Wildman–Crippen LogP) is 1.35. The SMILES string of the molecule is CC(O)C(N)CN1CC2(CCCCCC2)C1. The van der Waals surface area contributed by atoms with Crippen LogP contribution in [0.1, 0.15) is 45.4 Å². The van der Waals surface area contributed by atoms with E-state index in [1.807, 2.05) is 0 Å². The molecule has 3 heteroatoms. The topological polar surface area (TPSA) is 49.5 Å². The van der Waals surface area contributed by atoms with Crippen molar-refractivity contribution in [3.8, 4) is 0 Å². The smallest absolute Gasteiger partial charge is 0.0675 e. The summed E-state index contributed by atoms with van der Waals surface area (Å²) in [5, 5.41) is 9.38. The average Bonchev–Trinajstić information content (AvgIpc) is 2.42. The summed E-state index contributed by atoms with van der Waals surface area (Å²) in [6.07, 6.45) is 8.11. The lowest BCUT2D eigenvalue weighted by molar-refractivity contribution is -0.0233. The molecule has 1 saturated heterocycles. The Kier molecular flexibility index (Phi) is 3.88. The lowest BCUT2D eigenvalue weighted by atomic mass is 9.73. The third-order valence-electron chi connectivity index (χ3n) is 4.37. The van der Waals surface area contributed by atoms with E-state index in [1.165, 1.54) is 51.6 Å². The van der Waals surface area contributed by atoms with Crippen molar-refractivity contribution in [2.45, 2.75) is 57.6 Å². The second kappa shape index (κ2) is 5.03. The van der Waals surface area contributed by atoms with Gasteiger partial charge in [0.2, 0.25) is 0 Å². The molecule has 1 spiro atoms. The summed E-state index contributed by atoms with van der Waals surface area (Å²) in [6, 6.07) is -0.0804. The minimum absolute atomic E-state index is 0.0804. The molecule has 94 valence electrons. The molecule has 1 aliphatic heterocycles. The second-order valence-electron chi connectivity index (χ2n) is 5.99. The lowest BCUT2D eigenvalue weighted by Gasteiger charge is -2.51. The van der Waals surface area contributed by atoms with Gasteiger partial charge in [-0.2, -0.15) is 0 Å². The van der Waals surface area contributed by atoms with E-state index in [0.717, 1.165) is 6.54 Å². The number of nitrogens with two attached hydrogens (primary N) is 1. The fourth-order valence-corrected chi connectivity index (χ4v) is 3.28. The van der Waals surface area contributed by atoms with E-state index in [0.29, 0.717) is 5.41 Å². The molecule has 0 aromatic rings. The normalized spacial score (nSPS) is 29.4. The molecule has 0 radical (unpaired) electrons. The molecule has 1 heterocycles. The molecule has 16 heavy (non-hydrogen) atoms. The number of likely N-dealkylation sites (tertiary alicyclic amines) is 1. The highest BCUT2D eigenvalue weighted by Gasteiger charge is 2.42. The van der Waals surface area contributed by atoms with Gasteiger partial charge in [-0.15, -0.1) is 0 Å². The van der Waals surface area contributed by atoms with Gasteiger partial charge in [0, 0.05) is 25.7 Å². The van der Waals surface area contributed by atoms with Gasteiger partial charge in [0.1, 0.15) is 0 Å². The molecule has 0 aromatic carbocycles. The van der Waals surface area contributed by atoms with Crippen LogP contribution in [0.25, 0.3) is 0 Å². The van der Waals surface area contributed by atoms with Crippen LogP contribution in [0.15, 0.2) is 0 Å². The second-order valence-corrected chi connectivity index (χ2v) is 5.99. The van der Waals surface area contributed by atoms with Gasteiger partial charge in [0.15, 0.2) is 0 Å². The van der Waals surface area contributed by atoms with Gasteiger partial charge in [0.05, 0.1) is 6.10 Å². The van der Waals surface area contributed by atoms with Crippen LogP contribution in [-0.4, -0.2) is 41.8 Å². The zero-order chi connectivity index (χ0) is 11.6. The maximum atomic E-state index is 9.38. The molecule has 2 aliphatic rings. The van der Waals surface area contributed by atoms with Crippen LogP contribution in [0.5, 0.6) is 0 Å². The summed E-state index contributed by atoms with van der Waals surface area (Å²) in [6.45, 7) is 5.08. The molecule has 2 unspecified atom stereocenters. The Hall–Kier alpha value is -0.120. The Morgan fingerprint density at radius 1 is 1.19 bits per heavy atom. The van der Waals surface area contributed by atoms with E-state index < -0.39 is 0 Å². The van der Waals surface area contributed by atoms with Crippen LogP contribution >= 0.6 is 0 Å². The van der Waals surface area contributed by atoms with Crippen LogP contribution in [0.2, 0.25) is 0 Å². The first-order chi connectivity index (χ1) is 7.61. The zero-order valence-electron chi connectivity index (χ0n) is 10.5. The van der Waals surface area contributed by atoms with Gasteiger partial charge < -0.3 is 15.7 Å². The number of nitrogens with zero attached hydrogens (tertiary/aromatic N) is 1. The van der Waals surface area contributed by atoms with E-state index in [2.05, 4.69) is 4.90 Å².